The van der Waals surface area contributed by atoms with Gasteiger partial charge < -0.3 is 14.9 Å². The minimum absolute atomic E-state index is 0.300. The van der Waals surface area contributed by atoms with Crippen LogP contribution in [0.4, 0.5) is 0 Å². The van der Waals surface area contributed by atoms with E-state index in [1.165, 1.54) is 25.7 Å². The normalized spacial score (nSPS) is 12.9. The molecule has 0 bridgehead atoms. The van der Waals surface area contributed by atoms with Gasteiger partial charge in [0, 0.05) is 0 Å². The van der Waals surface area contributed by atoms with Gasteiger partial charge in [-0.15, -0.1) is 0 Å². The largest absolute Gasteiger partial charge is 0.462 e. The molecule has 1 aromatic heterocycles. The number of ether oxygens (including phenoxy) is 1. The van der Waals surface area contributed by atoms with E-state index in [0.29, 0.717) is 19.3 Å². The van der Waals surface area contributed by atoms with Crippen molar-refractivity contribution in [1.82, 2.24) is 0 Å². The molecule has 1 aromatic rings. The van der Waals surface area contributed by atoms with Crippen LogP contribution < -0.4 is 5.73 Å². The maximum Gasteiger partial charge on any atom is 0.130 e. The molecule has 0 amide bonds. The number of hydrogen-bond acceptors (Lipinski definition) is 3. The zero-order valence-corrected chi connectivity index (χ0v) is 12.0. The van der Waals surface area contributed by atoms with Gasteiger partial charge in [-0.05, 0) is 31.9 Å². The highest BCUT2D eigenvalue weighted by Gasteiger charge is 2.08. The van der Waals surface area contributed by atoms with Crippen molar-refractivity contribution < 1.29 is 9.15 Å². The van der Waals surface area contributed by atoms with Crippen molar-refractivity contribution >= 4 is 0 Å². The fraction of sp³-hybridized carbons (Fsp3) is 0.733. The lowest BCUT2D eigenvalue weighted by molar-refractivity contribution is 0.0356. The van der Waals surface area contributed by atoms with Gasteiger partial charge in [-0.1, -0.05) is 32.6 Å². The fourth-order valence-electron chi connectivity index (χ4n) is 2.03. The van der Waals surface area contributed by atoms with Gasteiger partial charge in [-0.2, -0.15) is 0 Å². The van der Waals surface area contributed by atoms with Crippen LogP contribution in [0.15, 0.2) is 10.5 Å². The predicted molar refractivity (Wildman–Crippen MR) is 74.3 cm³/mol. The van der Waals surface area contributed by atoms with Crippen LogP contribution in [0.25, 0.3) is 0 Å². The molecule has 1 rings (SSSR count). The van der Waals surface area contributed by atoms with E-state index >= 15 is 0 Å². The average molecular weight is 253 g/mol. The van der Waals surface area contributed by atoms with E-state index in [9.17, 15) is 0 Å². The van der Waals surface area contributed by atoms with Gasteiger partial charge in [0.25, 0.3) is 0 Å². The molecule has 0 spiro atoms. The molecular formula is C15H27NO2. The van der Waals surface area contributed by atoms with Crippen molar-refractivity contribution in [2.45, 2.75) is 72.1 Å². The first-order chi connectivity index (χ1) is 8.67. The molecule has 0 aromatic carbocycles. The smallest absolute Gasteiger partial charge is 0.130 e. The molecule has 3 heteroatoms. The Balaban J connectivity index is 2.22. The van der Waals surface area contributed by atoms with Crippen LogP contribution in [-0.2, 0) is 17.9 Å². The van der Waals surface area contributed by atoms with Crippen LogP contribution in [-0.4, -0.2) is 6.10 Å². The van der Waals surface area contributed by atoms with Gasteiger partial charge in [0.05, 0.1) is 12.6 Å². The number of nitrogens with two attached hydrogens (primary N) is 1. The fourth-order valence-corrected chi connectivity index (χ4v) is 2.03. The van der Waals surface area contributed by atoms with Gasteiger partial charge in [0.15, 0.2) is 0 Å². The van der Waals surface area contributed by atoms with E-state index in [1.807, 2.05) is 13.0 Å². The molecular weight excluding hydrogens is 226 g/mol. The number of unbranched alkanes of at least 4 members (excludes halogenated alkanes) is 3. The lowest BCUT2D eigenvalue weighted by Gasteiger charge is -2.11. The van der Waals surface area contributed by atoms with Crippen molar-refractivity contribution in [3.63, 3.8) is 0 Å². The Bertz CT molecular complexity index is 333. The number of aryl methyl sites for hydroxylation is 1. The second-order valence-corrected chi connectivity index (χ2v) is 4.99. The van der Waals surface area contributed by atoms with Crippen LogP contribution >= 0.6 is 0 Å². The monoisotopic (exact) mass is 253 g/mol. The lowest BCUT2D eigenvalue weighted by atomic mass is 10.1. The zero-order valence-electron chi connectivity index (χ0n) is 12.0. The third kappa shape index (κ3) is 5.23. The molecule has 3 nitrogen and oxygen atoms in total. The van der Waals surface area contributed by atoms with E-state index in [2.05, 4.69) is 13.8 Å². The minimum atomic E-state index is 0.300. The second-order valence-electron chi connectivity index (χ2n) is 4.99. The Hall–Kier alpha value is -0.800. The summed E-state index contributed by atoms with van der Waals surface area (Å²) in [5.41, 5.74) is 6.70. The van der Waals surface area contributed by atoms with Crippen molar-refractivity contribution in [2.24, 2.45) is 5.73 Å². The Morgan fingerprint density at radius 1 is 1.33 bits per heavy atom. The highest BCUT2D eigenvalue weighted by molar-refractivity contribution is 5.19. The predicted octanol–water partition coefficient (Wildman–Crippen LogP) is 3.92. The van der Waals surface area contributed by atoms with Gasteiger partial charge in [-0.3, -0.25) is 0 Å². The van der Waals surface area contributed by atoms with Crippen LogP contribution in [0.3, 0.4) is 0 Å². The summed E-state index contributed by atoms with van der Waals surface area (Å²) in [6, 6.07) is 2.02. The number of rotatable bonds is 9. The average Bonchev–Trinajstić information content (AvgIpc) is 2.73. The molecule has 1 heterocycles. The third-order valence-electron chi connectivity index (χ3n) is 3.23. The molecule has 104 valence electrons. The molecule has 18 heavy (non-hydrogen) atoms. The quantitative estimate of drug-likeness (QED) is 0.678. The summed E-state index contributed by atoms with van der Waals surface area (Å²) in [6.07, 6.45) is 6.59. The molecule has 1 unspecified atom stereocenters. The summed E-state index contributed by atoms with van der Waals surface area (Å²) in [6.45, 7) is 7.39. The van der Waals surface area contributed by atoms with Gasteiger partial charge >= 0.3 is 0 Å². The molecule has 2 N–H and O–H groups in total. The standard InChI is InChI=1S/C15H27NO2/c1-4-5-6-7-8-13(3)17-11-14-9-12(2)15(10-16)18-14/h9,13H,4-8,10-11,16H2,1-3H3. The summed E-state index contributed by atoms with van der Waals surface area (Å²) in [5, 5.41) is 0. The Kier molecular flexibility index (Phi) is 7.06. The highest BCUT2D eigenvalue weighted by Crippen LogP contribution is 2.16. The van der Waals surface area contributed by atoms with E-state index in [4.69, 9.17) is 14.9 Å². The minimum Gasteiger partial charge on any atom is -0.462 e. The van der Waals surface area contributed by atoms with Crippen molar-refractivity contribution in [2.75, 3.05) is 0 Å². The Morgan fingerprint density at radius 2 is 2.11 bits per heavy atom. The van der Waals surface area contributed by atoms with E-state index in [0.717, 1.165) is 23.5 Å². The van der Waals surface area contributed by atoms with Gasteiger partial charge in [0.1, 0.15) is 18.1 Å². The molecule has 0 saturated heterocycles. The maximum absolute atomic E-state index is 5.79. The van der Waals surface area contributed by atoms with Crippen LogP contribution in [0, 0.1) is 6.92 Å². The zero-order chi connectivity index (χ0) is 13.4. The molecule has 0 radical (unpaired) electrons. The lowest BCUT2D eigenvalue weighted by Crippen LogP contribution is -2.07. The molecule has 0 saturated carbocycles. The van der Waals surface area contributed by atoms with Crippen molar-refractivity contribution in [3.8, 4) is 0 Å². The second kappa shape index (κ2) is 8.33. The van der Waals surface area contributed by atoms with E-state index < -0.39 is 0 Å². The topological polar surface area (TPSA) is 48.4 Å². The van der Waals surface area contributed by atoms with Gasteiger partial charge in [-0.25, -0.2) is 0 Å². The first-order valence-corrected chi connectivity index (χ1v) is 7.07. The summed E-state index contributed by atoms with van der Waals surface area (Å²) in [4.78, 5) is 0. The summed E-state index contributed by atoms with van der Waals surface area (Å²) >= 11 is 0. The Morgan fingerprint density at radius 3 is 2.72 bits per heavy atom. The van der Waals surface area contributed by atoms with Crippen LogP contribution in [0.1, 0.15) is 63.0 Å². The maximum atomic E-state index is 5.79. The summed E-state index contributed by atoms with van der Waals surface area (Å²) in [5.74, 6) is 1.75. The number of furan rings is 1. The third-order valence-corrected chi connectivity index (χ3v) is 3.23. The molecule has 0 aliphatic heterocycles. The Labute approximate surface area is 111 Å². The van der Waals surface area contributed by atoms with Crippen molar-refractivity contribution in [1.29, 1.82) is 0 Å². The van der Waals surface area contributed by atoms with Gasteiger partial charge in [0.2, 0.25) is 0 Å². The van der Waals surface area contributed by atoms with Crippen molar-refractivity contribution in [3.05, 3.63) is 23.2 Å². The molecule has 0 aliphatic carbocycles. The summed E-state index contributed by atoms with van der Waals surface area (Å²) < 4.78 is 11.4. The molecule has 0 fully saturated rings. The van der Waals surface area contributed by atoms with Crippen LogP contribution in [0.2, 0.25) is 0 Å². The molecule has 1 atom stereocenters. The first kappa shape index (κ1) is 15.3. The SMILES string of the molecule is CCCCCCC(C)OCc1cc(C)c(CN)o1. The summed E-state index contributed by atoms with van der Waals surface area (Å²) in [7, 11) is 0. The van der Waals surface area contributed by atoms with Crippen LogP contribution in [0.5, 0.6) is 0 Å². The molecule has 0 aliphatic rings. The highest BCUT2D eigenvalue weighted by atomic mass is 16.5. The number of hydrogen-bond donors (Lipinski definition) is 1. The van der Waals surface area contributed by atoms with E-state index in [1.54, 1.807) is 0 Å². The van der Waals surface area contributed by atoms with E-state index in [-0.39, 0.29) is 0 Å². The first-order valence-electron chi connectivity index (χ1n) is 7.07.